The van der Waals surface area contributed by atoms with Gasteiger partial charge in [-0.05, 0) is 35.9 Å². The molecule has 0 unspecified atom stereocenters. The van der Waals surface area contributed by atoms with Crippen LogP contribution in [0.2, 0.25) is 5.02 Å². The van der Waals surface area contributed by atoms with Gasteiger partial charge in [-0.2, -0.15) is 0 Å². The van der Waals surface area contributed by atoms with Crippen LogP contribution in [0, 0.1) is 0 Å². The Morgan fingerprint density at radius 1 is 1.17 bits per heavy atom. The molecular formula is C23H25BrClN5O4S. The molecule has 1 fully saturated rings. The Morgan fingerprint density at radius 2 is 1.89 bits per heavy atom. The summed E-state index contributed by atoms with van der Waals surface area (Å²) >= 11 is 9.66. The first-order valence-corrected chi connectivity index (χ1v) is 13.9. The summed E-state index contributed by atoms with van der Waals surface area (Å²) in [4.78, 5) is 33.3. The number of anilines is 1. The van der Waals surface area contributed by atoms with E-state index in [-0.39, 0.29) is 27.8 Å². The summed E-state index contributed by atoms with van der Waals surface area (Å²) < 4.78 is 26.9. The Balaban J connectivity index is 1.62. The number of rotatable bonds is 6. The van der Waals surface area contributed by atoms with Gasteiger partial charge in [0.05, 0.1) is 27.2 Å². The van der Waals surface area contributed by atoms with Crippen molar-refractivity contribution in [2.45, 2.75) is 25.3 Å². The molecule has 2 heterocycles. The molecule has 0 atom stereocenters. The average molecular weight is 583 g/mol. The van der Waals surface area contributed by atoms with E-state index in [9.17, 15) is 18.0 Å². The van der Waals surface area contributed by atoms with Crippen molar-refractivity contribution >= 4 is 59.9 Å². The predicted octanol–water partition coefficient (Wildman–Crippen LogP) is 3.15. The summed E-state index contributed by atoms with van der Waals surface area (Å²) in [7, 11) is -3.55. The molecular weight excluding hydrogens is 558 g/mol. The molecule has 0 radical (unpaired) electrons. The highest BCUT2D eigenvalue weighted by Crippen LogP contribution is 2.27. The first kappa shape index (κ1) is 25.6. The molecule has 1 aromatic heterocycles. The third-order valence-electron chi connectivity index (χ3n) is 6.04. The molecule has 9 nitrogen and oxygen atoms in total. The molecule has 0 saturated carbocycles. The smallest absolute Gasteiger partial charge is 0.280 e. The number of carbonyl (C=O) groups excluding carboxylic acids is 1. The first-order valence-electron chi connectivity index (χ1n) is 11.1. The lowest BCUT2D eigenvalue weighted by Gasteiger charge is -2.34. The summed E-state index contributed by atoms with van der Waals surface area (Å²) in [5.74, 6) is -0.00364. The van der Waals surface area contributed by atoms with Crippen molar-refractivity contribution in [3.8, 4) is 0 Å². The van der Waals surface area contributed by atoms with Gasteiger partial charge in [0.25, 0.3) is 5.56 Å². The van der Waals surface area contributed by atoms with E-state index in [1.165, 1.54) is 24.5 Å². The number of halogens is 2. The summed E-state index contributed by atoms with van der Waals surface area (Å²) in [5, 5.41) is 0.708. The van der Waals surface area contributed by atoms with Crippen LogP contribution >= 0.6 is 27.5 Å². The molecule has 0 aliphatic carbocycles. The fourth-order valence-corrected chi connectivity index (χ4v) is 5.66. The molecule has 1 saturated heterocycles. The molecule has 1 amide bonds. The summed E-state index contributed by atoms with van der Waals surface area (Å²) in [6.45, 7) is 6.71. The predicted molar refractivity (Wildman–Crippen MR) is 139 cm³/mol. The average Bonchev–Trinajstić information content (AvgIpc) is 2.82. The normalized spacial score (nSPS) is 14.9. The van der Waals surface area contributed by atoms with Crippen LogP contribution in [-0.2, 0) is 21.2 Å². The Hall–Kier alpha value is -2.47. The Labute approximate surface area is 216 Å². The third kappa shape index (κ3) is 5.53. The highest BCUT2D eigenvalue weighted by molar-refractivity contribution is 9.10. The van der Waals surface area contributed by atoms with E-state index in [1.54, 1.807) is 19.9 Å². The van der Waals surface area contributed by atoms with Crippen LogP contribution in [0.1, 0.15) is 19.4 Å². The lowest BCUT2D eigenvalue weighted by molar-refractivity contribution is -0.130. The van der Waals surface area contributed by atoms with Crippen molar-refractivity contribution in [3.63, 3.8) is 0 Å². The van der Waals surface area contributed by atoms with Gasteiger partial charge < -0.3 is 4.90 Å². The molecule has 2 aromatic carbocycles. The van der Waals surface area contributed by atoms with Crippen molar-refractivity contribution < 1.29 is 13.2 Å². The minimum absolute atomic E-state index is 0.0535. The number of hydrogen-bond donors (Lipinski definition) is 1. The zero-order valence-electron chi connectivity index (χ0n) is 19.3. The summed E-state index contributed by atoms with van der Waals surface area (Å²) in [6, 6.07) is 7.98. The number of amides is 1. The standard InChI is InChI=1S/C23H25BrClN5O4S/c1-3-35(33,34)22-5-4-17(25)11-21(22)27-30-14-26-20-10-16(19(24)12-18(20)23(30)32)13-28-6-8-29(9-7-28)15(2)31/h4-5,10-12,14,27H,3,6-9,13H2,1-2H3. The van der Waals surface area contributed by atoms with Gasteiger partial charge in [0.15, 0.2) is 9.84 Å². The lowest BCUT2D eigenvalue weighted by Crippen LogP contribution is -2.47. The van der Waals surface area contributed by atoms with Gasteiger partial charge in [0.1, 0.15) is 6.33 Å². The molecule has 1 aliphatic heterocycles. The molecule has 3 aromatic rings. The van der Waals surface area contributed by atoms with Crippen LogP contribution in [0.15, 0.2) is 50.8 Å². The van der Waals surface area contributed by atoms with Crippen LogP contribution in [0.4, 0.5) is 5.69 Å². The number of fused-ring (bicyclic) bond motifs is 1. The zero-order valence-corrected chi connectivity index (χ0v) is 22.5. The quantitative estimate of drug-likeness (QED) is 0.476. The van der Waals surface area contributed by atoms with Gasteiger partial charge >= 0.3 is 0 Å². The fourth-order valence-electron chi connectivity index (χ4n) is 3.99. The van der Waals surface area contributed by atoms with Crippen LogP contribution in [0.5, 0.6) is 0 Å². The highest BCUT2D eigenvalue weighted by atomic mass is 79.9. The minimum Gasteiger partial charge on any atom is -0.340 e. The maximum atomic E-state index is 13.2. The van der Waals surface area contributed by atoms with E-state index in [2.05, 4.69) is 31.2 Å². The topological polar surface area (TPSA) is 105 Å². The molecule has 186 valence electrons. The molecule has 35 heavy (non-hydrogen) atoms. The van der Waals surface area contributed by atoms with Gasteiger partial charge in [-0.15, -0.1) is 0 Å². The minimum atomic E-state index is -3.55. The van der Waals surface area contributed by atoms with Crippen LogP contribution in [-0.4, -0.2) is 65.7 Å². The molecule has 1 aliphatic rings. The molecule has 0 spiro atoms. The number of aromatic nitrogens is 2. The van der Waals surface area contributed by atoms with Crippen molar-refractivity contribution in [3.05, 3.63) is 62.1 Å². The van der Waals surface area contributed by atoms with Crippen molar-refractivity contribution in [2.24, 2.45) is 0 Å². The number of benzene rings is 2. The second kappa shape index (κ2) is 10.3. The maximum absolute atomic E-state index is 13.2. The van der Waals surface area contributed by atoms with E-state index in [0.29, 0.717) is 35.6 Å². The first-order chi connectivity index (χ1) is 16.6. The van der Waals surface area contributed by atoms with E-state index >= 15 is 0 Å². The van der Waals surface area contributed by atoms with E-state index in [0.717, 1.165) is 27.8 Å². The number of sulfone groups is 1. The third-order valence-corrected chi connectivity index (χ3v) is 8.79. The maximum Gasteiger partial charge on any atom is 0.280 e. The monoisotopic (exact) mass is 581 g/mol. The van der Waals surface area contributed by atoms with E-state index in [4.69, 9.17) is 11.6 Å². The SMILES string of the molecule is CCS(=O)(=O)c1ccc(Cl)cc1Nn1cnc2cc(CN3CCN(C(C)=O)CC3)c(Br)cc2c1=O. The number of piperazine rings is 1. The Bertz CT molecular complexity index is 1450. The fraction of sp³-hybridized carbons (Fsp3) is 0.348. The van der Waals surface area contributed by atoms with Crippen LogP contribution in [0.25, 0.3) is 10.9 Å². The molecule has 1 N–H and O–H groups in total. The van der Waals surface area contributed by atoms with Gasteiger partial charge in [-0.25, -0.2) is 18.1 Å². The number of hydrogen-bond acceptors (Lipinski definition) is 7. The second-order valence-corrected chi connectivity index (χ2v) is 11.9. The Morgan fingerprint density at radius 3 is 2.54 bits per heavy atom. The summed E-state index contributed by atoms with van der Waals surface area (Å²) in [6.07, 6.45) is 1.33. The van der Waals surface area contributed by atoms with Crippen LogP contribution < -0.4 is 11.0 Å². The lowest BCUT2D eigenvalue weighted by atomic mass is 10.1. The molecule has 4 rings (SSSR count). The van der Waals surface area contributed by atoms with Gasteiger partial charge in [-0.1, -0.05) is 34.5 Å². The van der Waals surface area contributed by atoms with E-state index < -0.39 is 9.84 Å². The van der Waals surface area contributed by atoms with Crippen molar-refractivity contribution in [2.75, 3.05) is 37.4 Å². The van der Waals surface area contributed by atoms with Crippen molar-refractivity contribution in [1.29, 1.82) is 0 Å². The van der Waals surface area contributed by atoms with Gasteiger partial charge in [0.2, 0.25) is 5.91 Å². The number of nitrogens with zero attached hydrogens (tertiary/aromatic N) is 4. The molecule has 0 bridgehead atoms. The van der Waals surface area contributed by atoms with Crippen LogP contribution in [0.3, 0.4) is 0 Å². The number of carbonyl (C=O) groups is 1. The van der Waals surface area contributed by atoms with E-state index in [1.807, 2.05) is 11.0 Å². The molecule has 12 heteroatoms. The highest BCUT2D eigenvalue weighted by Gasteiger charge is 2.21. The number of nitrogens with one attached hydrogen (secondary N) is 1. The Kier molecular flexibility index (Phi) is 7.51. The largest absolute Gasteiger partial charge is 0.340 e. The van der Waals surface area contributed by atoms with Crippen molar-refractivity contribution in [1.82, 2.24) is 19.5 Å². The van der Waals surface area contributed by atoms with Gasteiger partial charge in [-0.3, -0.25) is 19.9 Å². The second-order valence-electron chi connectivity index (χ2n) is 8.32. The van der Waals surface area contributed by atoms with Gasteiger partial charge in [0, 0.05) is 49.1 Å². The summed E-state index contributed by atoms with van der Waals surface area (Å²) in [5.41, 5.74) is 4.18. The zero-order chi connectivity index (χ0) is 25.3.